The van der Waals surface area contributed by atoms with Crippen LogP contribution in [-0.4, -0.2) is 6.18 Å². The molecular formula is C20H30F4. The molecule has 0 heterocycles. The average Bonchev–Trinajstić information content (AvgIpc) is 2.47. The van der Waals surface area contributed by atoms with E-state index in [-0.39, 0.29) is 5.57 Å². The highest BCUT2D eigenvalue weighted by Gasteiger charge is 2.35. The third kappa shape index (κ3) is 7.50. The number of hydrogen-bond acceptors (Lipinski definition) is 0. The molecule has 0 aromatic rings. The van der Waals surface area contributed by atoms with Crippen molar-refractivity contribution in [3.05, 3.63) is 47.9 Å². The van der Waals surface area contributed by atoms with E-state index in [0.717, 1.165) is 12.8 Å². The van der Waals surface area contributed by atoms with Crippen molar-refractivity contribution in [2.24, 2.45) is 17.8 Å². The van der Waals surface area contributed by atoms with E-state index < -0.39 is 17.6 Å². The Morgan fingerprint density at radius 3 is 2.00 bits per heavy atom. The Labute approximate surface area is 144 Å². The Morgan fingerprint density at radius 1 is 1.04 bits per heavy atom. The molecule has 0 spiro atoms. The quantitative estimate of drug-likeness (QED) is 0.298. The topological polar surface area (TPSA) is 0 Å². The third-order valence-electron chi connectivity index (χ3n) is 4.45. The summed E-state index contributed by atoms with van der Waals surface area (Å²) >= 11 is 0. The van der Waals surface area contributed by atoms with Crippen LogP contribution in [0.15, 0.2) is 47.9 Å². The van der Waals surface area contributed by atoms with Gasteiger partial charge in [0, 0.05) is 5.57 Å². The summed E-state index contributed by atoms with van der Waals surface area (Å²) in [6.45, 7) is 16.7. The smallest absolute Gasteiger partial charge is 0.206 e. The summed E-state index contributed by atoms with van der Waals surface area (Å²) < 4.78 is 52.3. The molecule has 0 saturated heterocycles. The second-order valence-electron chi connectivity index (χ2n) is 6.96. The number of allylic oxidation sites excluding steroid dienone is 6. The van der Waals surface area contributed by atoms with Crippen molar-refractivity contribution >= 4 is 0 Å². The molecule has 0 rings (SSSR count). The highest BCUT2D eigenvalue weighted by atomic mass is 19.4. The zero-order valence-electron chi connectivity index (χ0n) is 15.4. The SMILES string of the molecule is C=C/C(=C(/F)C(=C)/C(C)=C/CC(C)C(C)CCC(C)C)C(F)(F)F. The van der Waals surface area contributed by atoms with Crippen molar-refractivity contribution < 1.29 is 17.6 Å². The van der Waals surface area contributed by atoms with Gasteiger partial charge in [0.05, 0.1) is 5.57 Å². The first-order chi connectivity index (χ1) is 10.9. The molecule has 0 N–H and O–H groups in total. The first-order valence-electron chi connectivity index (χ1n) is 8.37. The third-order valence-corrected chi connectivity index (χ3v) is 4.45. The summed E-state index contributed by atoms with van der Waals surface area (Å²) in [7, 11) is 0. The molecule has 0 fully saturated rings. The monoisotopic (exact) mass is 346 g/mol. The van der Waals surface area contributed by atoms with Gasteiger partial charge in [-0.3, -0.25) is 0 Å². The van der Waals surface area contributed by atoms with Crippen LogP contribution in [0, 0.1) is 17.8 Å². The largest absolute Gasteiger partial charge is 0.419 e. The predicted molar refractivity (Wildman–Crippen MR) is 94.3 cm³/mol. The van der Waals surface area contributed by atoms with E-state index in [9.17, 15) is 17.6 Å². The van der Waals surface area contributed by atoms with Gasteiger partial charge in [-0.1, -0.05) is 65.8 Å². The van der Waals surface area contributed by atoms with Gasteiger partial charge >= 0.3 is 6.18 Å². The van der Waals surface area contributed by atoms with Gasteiger partial charge in [0.15, 0.2) is 0 Å². The van der Waals surface area contributed by atoms with Crippen molar-refractivity contribution in [3.63, 3.8) is 0 Å². The van der Waals surface area contributed by atoms with E-state index in [4.69, 9.17) is 0 Å². The van der Waals surface area contributed by atoms with Crippen molar-refractivity contribution in [1.29, 1.82) is 0 Å². The molecule has 24 heavy (non-hydrogen) atoms. The molecule has 0 aliphatic carbocycles. The van der Waals surface area contributed by atoms with Crippen LogP contribution >= 0.6 is 0 Å². The molecule has 0 aliphatic heterocycles. The van der Waals surface area contributed by atoms with Crippen LogP contribution in [0.5, 0.6) is 0 Å². The van der Waals surface area contributed by atoms with Crippen LogP contribution in [0.4, 0.5) is 17.6 Å². The van der Waals surface area contributed by atoms with Crippen molar-refractivity contribution in [2.45, 2.75) is 60.1 Å². The zero-order valence-corrected chi connectivity index (χ0v) is 15.4. The van der Waals surface area contributed by atoms with E-state index in [1.165, 1.54) is 0 Å². The molecule has 2 atom stereocenters. The molecule has 0 aromatic carbocycles. The normalized spacial score (nSPS) is 16.7. The number of hydrogen-bond donors (Lipinski definition) is 0. The molecular weight excluding hydrogens is 316 g/mol. The molecule has 4 heteroatoms. The molecule has 0 nitrogen and oxygen atoms in total. The fraction of sp³-hybridized carbons (Fsp3) is 0.600. The second kappa shape index (κ2) is 9.85. The lowest BCUT2D eigenvalue weighted by molar-refractivity contribution is -0.0897. The fourth-order valence-corrected chi connectivity index (χ4v) is 2.26. The van der Waals surface area contributed by atoms with E-state index in [2.05, 4.69) is 40.9 Å². The lowest BCUT2D eigenvalue weighted by Crippen LogP contribution is -2.12. The standard InChI is InChI=1S/C20H30F4/c1-8-18(20(22,23)24)19(21)17(7)16(6)12-11-15(5)14(4)10-9-13(2)3/h8,12-15H,1,7,9-11H2,2-6H3/b16-12+,19-18-. The second-order valence-corrected chi connectivity index (χ2v) is 6.96. The van der Waals surface area contributed by atoms with Crippen LogP contribution < -0.4 is 0 Å². The Bertz CT molecular complexity index is 492. The van der Waals surface area contributed by atoms with Gasteiger partial charge in [-0.15, -0.1) is 0 Å². The molecule has 0 radical (unpaired) electrons. The summed E-state index contributed by atoms with van der Waals surface area (Å²) in [5.74, 6) is 0.173. The van der Waals surface area contributed by atoms with E-state index >= 15 is 0 Å². The first kappa shape index (κ1) is 22.7. The zero-order chi connectivity index (χ0) is 19.1. The van der Waals surface area contributed by atoms with Crippen molar-refractivity contribution in [1.82, 2.24) is 0 Å². The minimum absolute atomic E-state index is 0.232. The van der Waals surface area contributed by atoms with Gasteiger partial charge in [-0.05, 0) is 36.7 Å². The summed E-state index contributed by atoms with van der Waals surface area (Å²) in [6.07, 6.45) is 0.433. The Balaban J connectivity index is 4.99. The summed E-state index contributed by atoms with van der Waals surface area (Å²) in [5.41, 5.74) is -1.18. The highest BCUT2D eigenvalue weighted by Crippen LogP contribution is 2.34. The highest BCUT2D eigenvalue weighted by molar-refractivity contribution is 5.46. The Hall–Kier alpha value is -1.32. The van der Waals surface area contributed by atoms with E-state index in [1.807, 2.05) is 0 Å². The minimum atomic E-state index is -4.77. The van der Waals surface area contributed by atoms with Crippen LogP contribution in [0.2, 0.25) is 0 Å². The fourth-order valence-electron chi connectivity index (χ4n) is 2.26. The van der Waals surface area contributed by atoms with Crippen LogP contribution in [-0.2, 0) is 0 Å². The van der Waals surface area contributed by atoms with E-state index in [0.29, 0.717) is 35.8 Å². The summed E-state index contributed by atoms with van der Waals surface area (Å²) in [5, 5.41) is 0. The van der Waals surface area contributed by atoms with Gasteiger partial charge in [0.2, 0.25) is 0 Å². The van der Waals surface area contributed by atoms with Gasteiger partial charge in [0.1, 0.15) is 5.83 Å². The molecule has 0 amide bonds. The van der Waals surface area contributed by atoms with Gasteiger partial charge in [0.25, 0.3) is 0 Å². The molecule has 0 aromatic heterocycles. The molecule has 0 bridgehead atoms. The lowest BCUT2D eigenvalue weighted by Gasteiger charge is -2.20. The average molecular weight is 346 g/mol. The molecule has 0 aliphatic rings. The number of rotatable bonds is 9. The maximum atomic E-state index is 14.0. The lowest BCUT2D eigenvalue weighted by atomic mass is 9.86. The molecule has 138 valence electrons. The van der Waals surface area contributed by atoms with Gasteiger partial charge < -0.3 is 0 Å². The van der Waals surface area contributed by atoms with Gasteiger partial charge in [-0.2, -0.15) is 13.2 Å². The van der Waals surface area contributed by atoms with Crippen molar-refractivity contribution in [3.8, 4) is 0 Å². The van der Waals surface area contributed by atoms with Crippen LogP contribution in [0.25, 0.3) is 0 Å². The van der Waals surface area contributed by atoms with Gasteiger partial charge in [-0.25, -0.2) is 4.39 Å². The predicted octanol–water partition coefficient (Wildman–Crippen LogP) is 7.56. The van der Waals surface area contributed by atoms with Crippen LogP contribution in [0.3, 0.4) is 0 Å². The minimum Gasteiger partial charge on any atom is -0.206 e. The molecule has 0 saturated carbocycles. The maximum absolute atomic E-state index is 14.0. The summed E-state index contributed by atoms with van der Waals surface area (Å²) in [6, 6.07) is 0. The number of alkyl halides is 3. The van der Waals surface area contributed by atoms with Crippen molar-refractivity contribution in [2.75, 3.05) is 0 Å². The molecule has 2 unspecified atom stereocenters. The Morgan fingerprint density at radius 2 is 1.58 bits per heavy atom. The first-order valence-corrected chi connectivity index (χ1v) is 8.37. The Kier molecular flexibility index (Phi) is 9.31. The van der Waals surface area contributed by atoms with Crippen LogP contribution in [0.1, 0.15) is 53.9 Å². The maximum Gasteiger partial charge on any atom is 0.419 e. The summed E-state index contributed by atoms with van der Waals surface area (Å²) in [4.78, 5) is 0. The number of halogens is 4. The van der Waals surface area contributed by atoms with E-state index in [1.54, 1.807) is 13.0 Å².